The summed E-state index contributed by atoms with van der Waals surface area (Å²) in [5, 5.41) is 1.28. The first-order valence-electron chi connectivity index (χ1n) is 8.90. The van der Waals surface area contributed by atoms with Crippen LogP contribution in [-0.2, 0) is 25.6 Å². The number of rotatable bonds is 3. The van der Waals surface area contributed by atoms with Crippen LogP contribution >= 0.6 is 0 Å². The Labute approximate surface area is 150 Å². The number of nitrogens with one attached hydrogen (secondary N) is 1. The highest BCUT2D eigenvalue weighted by Gasteiger charge is 2.30. The zero-order valence-corrected chi connectivity index (χ0v) is 14.6. The molecule has 0 unspecified atom stereocenters. The third kappa shape index (κ3) is 3.23. The Bertz CT molecular complexity index is 926. The number of alkyl halides is 3. The van der Waals surface area contributed by atoms with Gasteiger partial charge >= 0.3 is 6.18 Å². The Morgan fingerprint density at radius 3 is 2.73 bits per heavy atom. The number of para-hydroxylation sites is 1. The lowest BCUT2D eigenvalue weighted by Gasteiger charge is -2.32. The summed E-state index contributed by atoms with van der Waals surface area (Å²) in [7, 11) is 0. The molecule has 136 valence electrons. The van der Waals surface area contributed by atoms with Crippen LogP contribution < -0.4 is 0 Å². The van der Waals surface area contributed by atoms with Gasteiger partial charge in [-0.3, -0.25) is 4.90 Å². The van der Waals surface area contributed by atoms with Crippen molar-refractivity contribution in [3.05, 3.63) is 70.9 Å². The number of aromatic nitrogens is 1. The molecule has 5 heteroatoms. The second kappa shape index (κ2) is 6.47. The third-order valence-electron chi connectivity index (χ3n) is 5.32. The van der Waals surface area contributed by atoms with E-state index in [1.54, 1.807) is 6.07 Å². The molecule has 2 aromatic carbocycles. The lowest BCUT2D eigenvalue weighted by molar-refractivity contribution is -0.137. The van der Waals surface area contributed by atoms with Gasteiger partial charge in [-0.2, -0.15) is 13.2 Å². The maximum atomic E-state index is 12.9. The topological polar surface area (TPSA) is 19.0 Å². The molecule has 2 nitrogen and oxygen atoms in total. The molecule has 0 saturated carbocycles. The molecule has 0 saturated heterocycles. The smallest absolute Gasteiger partial charge is 0.357 e. The van der Waals surface area contributed by atoms with Crippen LogP contribution in [0.2, 0.25) is 0 Å². The summed E-state index contributed by atoms with van der Waals surface area (Å²) in [5.74, 6) is 0. The van der Waals surface area contributed by atoms with Gasteiger partial charge in [0.25, 0.3) is 0 Å². The van der Waals surface area contributed by atoms with Crippen LogP contribution in [-0.4, -0.2) is 22.5 Å². The predicted octanol–water partition coefficient (Wildman–Crippen LogP) is 5.18. The summed E-state index contributed by atoms with van der Waals surface area (Å²) >= 11 is 0. The monoisotopic (exact) mass is 358 g/mol. The molecule has 1 aliphatic heterocycles. The van der Waals surface area contributed by atoms with E-state index in [0.717, 1.165) is 36.7 Å². The van der Waals surface area contributed by atoms with Crippen LogP contribution in [0, 0.1) is 0 Å². The largest absolute Gasteiger partial charge is 0.416 e. The molecule has 1 aliphatic rings. The van der Waals surface area contributed by atoms with Gasteiger partial charge in [-0.1, -0.05) is 36.4 Å². The first kappa shape index (κ1) is 17.2. The van der Waals surface area contributed by atoms with E-state index in [0.29, 0.717) is 6.42 Å². The summed E-state index contributed by atoms with van der Waals surface area (Å²) < 4.78 is 38.7. The molecular weight excluding hydrogens is 337 g/mol. The van der Waals surface area contributed by atoms with E-state index in [1.165, 1.54) is 28.8 Å². The molecule has 0 spiro atoms. The van der Waals surface area contributed by atoms with E-state index in [9.17, 15) is 13.2 Å². The van der Waals surface area contributed by atoms with Crippen molar-refractivity contribution < 1.29 is 13.2 Å². The van der Waals surface area contributed by atoms with Crippen LogP contribution in [0.4, 0.5) is 13.2 Å². The fourth-order valence-electron chi connectivity index (χ4n) is 3.93. The van der Waals surface area contributed by atoms with Crippen molar-refractivity contribution >= 4 is 10.9 Å². The normalized spacial score (nSPS) is 16.6. The second-order valence-corrected chi connectivity index (χ2v) is 7.10. The predicted molar refractivity (Wildman–Crippen MR) is 97.0 cm³/mol. The highest BCUT2D eigenvalue weighted by Crippen LogP contribution is 2.31. The van der Waals surface area contributed by atoms with Gasteiger partial charge in [-0.05, 0) is 43.0 Å². The van der Waals surface area contributed by atoms with Gasteiger partial charge in [-0.15, -0.1) is 0 Å². The molecule has 0 fully saturated rings. The number of H-pyrrole nitrogens is 1. The van der Waals surface area contributed by atoms with Gasteiger partial charge < -0.3 is 4.98 Å². The van der Waals surface area contributed by atoms with Crippen molar-refractivity contribution in [3.63, 3.8) is 0 Å². The molecule has 0 amide bonds. The molecule has 0 radical (unpaired) electrons. The molecule has 1 aromatic heterocycles. The standard InChI is InChI=1S/C21H21F3N2/c1-14(11-15-5-4-6-16(12-15)21(22,23)24)26-10-9-18-17-7-2-3-8-19(17)25-20(18)13-26/h2-8,12,14,25H,9-11,13H2,1H3/t14-/m1/s1. The van der Waals surface area contributed by atoms with Crippen molar-refractivity contribution in [1.29, 1.82) is 0 Å². The fourth-order valence-corrected chi connectivity index (χ4v) is 3.93. The Morgan fingerprint density at radius 2 is 1.92 bits per heavy atom. The lowest BCUT2D eigenvalue weighted by Crippen LogP contribution is -2.38. The van der Waals surface area contributed by atoms with E-state index in [2.05, 4.69) is 35.0 Å². The minimum atomic E-state index is -4.29. The summed E-state index contributed by atoms with van der Waals surface area (Å²) in [5.41, 5.74) is 3.93. The number of halogens is 3. The molecule has 4 rings (SSSR count). The van der Waals surface area contributed by atoms with Crippen molar-refractivity contribution in [2.24, 2.45) is 0 Å². The van der Waals surface area contributed by atoms with E-state index < -0.39 is 11.7 Å². The van der Waals surface area contributed by atoms with E-state index in [-0.39, 0.29) is 6.04 Å². The number of hydrogen-bond acceptors (Lipinski definition) is 1. The Hall–Kier alpha value is -2.27. The van der Waals surface area contributed by atoms with Crippen molar-refractivity contribution in [2.45, 2.75) is 38.5 Å². The minimum absolute atomic E-state index is 0.179. The van der Waals surface area contributed by atoms with Crippen LogP contribution in [0.1, 0.15) is 29.3 Å². The Balaban J connectivity index is 1.50. The highest BCUT2D eigenvalue weighted by molar-refractivity contribution is 5.84. The quantitative estimate of drug-likeness (QED) is 0.684. The first-order chi connectivity index (χ1) is 12.4. The number of benzene rings is 2. The fraction of sp³-hybridized carbons (Fsp3) is 0.333. The molecule has 0 bridgehead atoms. The lowest BCUT2D eigenvalue weighted by atomic mass is 9.99. The number of hydrogen-bond donors (Lipinski definition) is 1. The zero-order chi connectivity index (χ0) is 18.3. The molecule has 26 heavy (non-hydrogen) atoms. The summed E-state index contributed by atoms with van der Waals surface area (Å²) in [6, 6.07) is 14.2. The van der Waals surface area contributed by atoms with Gasteiger partial charge in [0.2, 0.25) is 0 Å². The van der Waals surface area contributed by atoms with Gasteiger partial charge in [-0.25, -0.2) is 0 Å². The van der Waals surface area contributed by atoms with Gasteiger partial charge in [0.15, 0.2) is 0 Å². The zero-order valence-electron chi connectivity index (χ0n) is 14.6. The number of nitrogens with zero attached hydrogens (tertiary/aromatic N) is 1. The molecule has 2 heterocycles. The number of fused-ring (bicyclic) bond motifs is 3. The second-order valence-electron chi connectivity index (χ2n) is 7.10. The highest BCUT2D eigenvalue weighted by atomic mass is 19.4. The Morgan fingerprint density at radius 1 is 1.12 bits per heavy atom. The molecule has 0 aliphatic carbocycles. The molecule has 1 atom stereocenters. The van der Waals surface area contributed by atoms with E-state index in [4.69, 9.17) is 0 Å². The summed E-state index contributed by atoms with van der Waals surface area (Å²) in [4.78, 5) is 5.85. The number of aromatic amines is 1. The first-order valence-corrected chi connectivity index (χ1v) is 8.90. The summed E-state index contributed by atoms with van der Waals surface area (Å²) in [6.07, 6.45) is -2.71. The van der Waals surface area contributed by atoms with E-state index >= 15 is 0 Å². The van der Waals surface area contributed by atoms with Crippen molar-refractivity contribution in [1.82, 2.24) is 9.88 Å². The molecular formula is C21H21F3N2. The maximum Gasteiger partial charge on any atom is 0.416 e. The average Bonchev–Trinajstić information content (AvgIpc) is 2.99. The van der Waals surface area contributed by atoms with Gasteiger partial charge in [0.05, 0.1) is 5.56 Å². The molecule has 1 N–H and O–H groups in total. The maximum absolute atomic E-state index is 12.9. The van der Waals surface area contributed by atoms with Crippen LogP contribution in [0.3, 0.4) is 0 Å². The van der Waals surface area contributed by atoms with Crippen LogP contribution in [0.15, 0.2) is 48.5 Å². The minimum Gasteiger partial charge on any atom is -0.357 e. The van der Waals surface area contributed by atoms with Gasteiger partial charge in [0, 0.05) is 35.7 Å². The van der Waals surface area contributed by atoms with Crippen molar-refractivity contribution in [3.8, 4) is 0 Å². The third-order valence-corrected chi connectivity index (χ3v) is 5.32. The average molecular weight is 358 g/mol. The van der Waals surface area contributed by atoms with E-state index in [1.807, 2.05) is 6.07 Å². The van der Waals surface area contributed by atoms with Crippen molar-refractivity contribution in [2.75, 3.05) is 6.54 Å². The molecule has 3 aromatic rings. The Kier molecular flexibility index (Phi) is 4.27. The SMILES string of the molecule is C[C@H](Cc1cccc(C(F)(F)F)c1)N1CCc2c([nH]c3ccccc23)C1. The van der Waals surface area contributed by atoms with Crippen LogP contribution in [0.25, 0.3) is 10.9 Å². The van der Waals surface area contributed by atoms with Gasteiger partial charge in [0.1, 0.15) is 0 Å². The summed E-state index contributed by atoms with van der Waals surface area (Å²) in [6.45, 7) is 3.83. The van der Waals surface area contributed by atoms with Crippen LogP contribution in [0.5, 0.6) is 0 Å².